The number of hydrogen-bond acceptors (Lipinski definition) is 3. The third-order valence-corrected chi connectivity index (χ3v) is 2.16. The van der Waals surface area contributed by atoms with Crippen molar-refractivity contribution in [2.45, 2.75) is 10.3 Å². The van der Waals surface area contributed by atoms with Crippen LogP contribution in [0.3, 0.4) is 0 Å². The lowest BCUT2D eigenvalue weighted by Crippen LogP contribution is -2.04. The van der Waals surface area contributed by atoms with E-state index in [1.54, 1.807) is 0 Å². The molecule has 0 aliphatic heterocycles. The van der Waals surface area contributed by atoms with Gasteiger partial charge in [-0.15, -0.1) is 12.6 Å². The van der Waals surface area contributed by atoms with Gasteiger partial charge in [-0.1, -0.05) is 12.1 Å². The zero-order valence-corrected chi connectivity index (χ0v) is 8.32. The topological polar surface area (TPSA) is 29.4 Å². The Bertz CT molecular complexity index is 399. The average Bonchev–Trinajstić information content (AvgIpc) is 2.07. The molecule has 0 aliphatic rings. The first-order valence-electron chi connectivity index (χ1n) is 3.44. The highest BCUT2D eigenvalue weighted by molar-refractivity contribution is 7.80. The summed E-state index contributed by atoms with van der Waals surface area (Å²) in [5.74, 6) is 0. The second-order valence-corrected chi connectivity index (χ2v) is 3.30. The molecule has 0 N–H and O–H groups in total. The Morgan fingerprint density at radius 2 is 2.14 bits per heavy atom. The van der Waals surface area contributed by atoms with Crippen LogP contribution in [-0.2, 0) is 10.2 Å². The van der Waals surface area contributed by atoms with Crippen LogP contribution in [-0.4, -0.2) is 6.08 Å². The molecule has 74 valence electrons. The number of aliphatic imine (C=N–C) groups is 1. The Balaban J connectivity index is 3.34. The highest BCUT2D eigenvalue weighted by Gasteiger charge is 2.30. The summed E-state index contributed by atoms with van der Waals surface area (Å²) < 4.78 is 25.4. The van der Waals surface area contributed by atoms with Gasteiger partial charge in [-0.2, -0.15) is 13.8 Å². The van der Waals surface area contributed by atoms with Gasteiger partial charge in [0.15, 0.2) is 0 Å². The van der Waals surface area contributed by atoms with Crippen LogP contribution in [0.2, 0.25) is 0 Å². The third kappa shape index (κ3) is 2.32. The molecule has 0 saturated heterocycles. The maximum Gasteiger partial charge on any atom is 0.349 e. The number of rotatable bonds is 2. The predicted molar refractivity (Wildman–Crippen MR) is 51.2 cm³/mol. The van der Waals surface area contributed by atoms with Crippen LogP contribution >= 0.6 is 24.2 Å². The average molecular weight is 236 g/mol. The molecule has 0 unspecified atom stereocenters. The van der Waals surface area contributed by atoms with Gasteiger partial charge in [0.25, 0.3) is 0 Å². The third-order valence-electron chi connectivity index (χ3n) is 1.49. The first kappa shape index (κ1) is 11.2. The minimum Gasteiger partial charge on any atom is -0.211 e. The summed E-state index contributed by atoms with van der Waals surface area (Å²) in [5, 5.41) is -3.52. The predicted octanol–water partition coefficient (Wildman–Crippen LogP) is 3.23. The molecule has 0 amide bonds. The van der Waals surface area contributed by atoms with Gasteiger partial charge in [0, 0.05) is 4.90 Å². The molecular formula is C8H4ClF2NOS. The van der Waals surface area contributed by atoms with Crippen molar-refractivity contribution >= 4 is 36.0 Å². The molecule has 1 aromatic rings. The molecule has 0 heterocycles. The van der Waals surface area contributed by atoms with Crippen molar-refractivity contribution in [1.82, 2.24) is 0 Å². The van der Waals surface area contributed by atoms with E-state index >= 15 is 0 Å². The van der Waals surface area contributed by atoms with Crippen molar-refractivity contribution in [3.05, 3.63) is 23.8 Å². The minimum absolute atomic E-state index is 0.0150. The van der Waals surface area contributed by atoms with Crippen LogP contribution in [0.1, 0.15) is 5.56 Å². The molecule has 0 radical (unpaired) electrons. The maximum atomic E-state index is 12.7. The maximum absolute atomic E-state index is 12.7. The van der Waals surface area contributed by atoms with E-state index in [1.807, 2.05) is 0 Å². The Labute approximate surface area is 89.0 Å². The fourth-order valence-electron chi connectivity index (χ4n) is 0.899. The molecule has 6 heteroatoms. The van der Waals surface area contributed by atoms with Crippen molar-refractivity contribution in [2.75, 3.05) is 0 Å². The lowest BCUT2D eigenvalue weighted by Gasteiger charge is -2.11. The van der Waals surface area contributed by atoms with Crippen molar-refractivity contribution in [3.63, 3.8) is 0 Å². The van der Waals surface area contributed by atoms with Crippen LogP contribution < -0.4 is 0 Å². The quantitative estimate of drug-likeness (QED) is 0.363. The number of halogens is 3. The molecule has 0 atom stereocenters. The second-order valence-electron chi connectivity index (χ2n) is 2.37. The van der Waals surface area contributed by atoms with Crippen LogP contribution in [0.15, 0.2) is 28.1 Å². The van der Waals surface area contributed by atoms with Gasteiger partial charge in [-0.05, 0) is 17.7 Å². The van der Waals surface area contributed by atoms with Crippen molar-refractivity contribution in [3.8, 4) is 0 Å². The van der Waals surface area contributed by atoms with E-state index in [-0.39, 0.29) is 10.6 Å². The molecule has 0 aromatic heterocycles. The molecule has 0 aliphatic carbocycles. The van der Waals surface area contributed by atoms with Crippen molar-refractivity contribution in [2.24, 2.45) is 4.99 Å². The smallest absolute Gasteiger partial charge is 0.211 e. The summed E-state index contributed by atoms with van der Waals surface area (Å²) in [6.45, 7) is 0. The monoisotopic (exact) mass is 235 g/mol. The molecular weight excluding hydrogens is 232 g/mol. The first-order valence-corrected chi connectivity index (χ1v) is 4.26. The van der Waals surface area contributed by atoms with E-state index < -0.39 is 10.9 Å². The molecule has 1 aromatic carbocycles. The largest absolute Gasteiger partial charge is 0.349 e. The molecule has 0 saturated carbocycles. The van der Waals surface area contributed by atoms with Gasteiger partial charge in [0.05, 0.1) is 11.3 Å². The first-order chi connectivity index (χ1) is 6.46. The number of nitrogens with zero attached hydrogens (tertiary/aromatic N) is 1. The normalized spacial score (nSPS) is 10.9. The fraction of sp³-hybridized carbons (Fsp3) is 0.125. The van der Waals surface area contributed by atoms with Crippen LogP contribution in [0, 0.1) is 0 Å². The second kappa shape index (κ2) is 4.09. The van der Waals surface area contributed by atoms with Gasteiger partial charge < -0.3 is 0 Å². The SMILES string of the molecule is O=C=Nc1cccc(C(F)(F)Cl)c1S. The fourth-order valence-corrected chi connectivity index (χ4v) is 1.46. The van der Waals surface area contributed by atoms with E-state index in [4.69, 9.17) is 11.6 Å². The summed E-state index contributed by atoms with van der Waals surface area (Å²) in [6.07, 6.45) is 1.24. The number of alkyl halides is 3. The number of isocyanates is 1. The zero-order chi connectivity index (χ0) is 10.8. The van der Waals surface area contributed by atoms with E-state index in [2.05, 4.69) is 17.6 Å². The van der Waals surface area contributed by atoms with Gasteiger partial charge in [0.1, 0.15) is 0 Å². The van der Waals surface area contributed by atoms with Crippen LogP contribution in [0.4, 0.5) is 14.5 Å². The van der Waals surface area contributed by atoms with Crippen molar-refractivity contribution in [1.29, 1.82) is 0 Å². The highest BCUT2D eigenvalue weighted by atomic mass is 35.5. The van der Waals surface area contributed by atoms with Crippen molar-refractivity contribution < 1.29 is 13.6 Å². The Morgan fingerprint density at radius 1 is 1.50 bits per heavy atom. The number of carbonyl (C=O) groups excluding carboxylic acids is 1. The van der Waals surface area contributed by atoms with Crippen LogP contribution in [0.5, 0.6) is 0 Å². The van der Waals surface area contributed by atoms with E-state index in [0.717, 1.165) is 6.07 Å². The van der Waals surface area contributed by atoms with E-state index in [9.17, 15) is 13.6 Å². The lowest BCUT2D eigenvalue weighted by molar-refractivity contribution is 0.0922. The van der Waals surface area contributed by atoms with Gasteiger partial charge in [-0.3, -0.25) is 0 Å². The summed E-state index contributed by atoms with van der Waals surface area (Å²) in [6, 6.07) is 3.78. The zero-order valence-electron chi connectivity index (χ0n) is 6.67. The Kier molecular flexibility index (Phi) is 3.26. The minimum atomic E-state index is -3.52. The summed E-state index contributed by atoms with van der Waals surface area (Å²) in [5.41, 5.74) is -0.472. The van der Waals surface area contributed by atoms with Crippen LogP contribution in [0.25, 0.3) is 0 Å². The van der Waals surface area contributed by atoms with E-state index in [0.29, 0.717) is 0 Å². The standard InChI is InChI=1S/C8H4ClF2NOS/c9-8(10,11)5-2-1-3-6(7(5)14)12-4-13/h1-3,14H. The summed E-state index contributed by atoms with van der Waals surface area (Å²) in [7, 11) is 0. The van der Waals surface area contributed by atoms with Gasteiger partial charge >= 0.3 is 5.38 Å². The molecule has 0 bridgehead atoms. The number of hydrogen-bond donors (Lipinski definition) is 1. The molecule has 0 fully saturated rings. The molecule has 14 heavy (non-hydrogen) atoms. The summed E-state index contributed by atoms with van der Waals surface area (Å²) >= 11 is 8.62. The number of benzene rings is 1. The Hall–Kier alpha value is -0.900. The van der Waals surface area contributed by atoms with Gasteiger partial charge in [0.2, 0.25) is 6.08 Å². The Morgan fingerprint density at radius 3 is 2.64 bits per heavy atom. The van der Waals surface area contributed by atoms with E-state index in [1.165, 1.54) is 18.2 Å². The van der Waals surface area contributed by atoms with Gasteiger partial charge in [-0.25, -0.2) is 4.79 Å². The molecule has 0 spiro atoms. The highest BCUT2D eigenvalue weighted by Crippen LogP contribution is 2.39. The molecule has 2 nitrogen and oxygen atoms in total. The summed E-state index contributed by atoms with van der Waals surface area (Å²) in [4.78, 5) is 13.0. The lowest BCUT2D eigenvalue weighted by atomic mass is 10.2. The molecule has 1 rings (SSSR count). The number of thiol groups is 1.